The molecule has 3 heteroatoms. The van der Waals surface area contributed by atoms with Crippen molar-refractivity contribution >= 4 is 0 Å². The molecular weight excluding hydrogens is 174 g/mol. The second kappa shape index (κ2) is 7.61. The molecule has 0 spiro atoms. The van der Waals surface area contributed by atoms with Crippen molar-refractivity contribution in [2.24, 2.45) is 0 Å². The van der Waals surface area contributed by atoms with Crippen molar-refractivity contribution in [2.75, 3.05) is 0 Å². The Balaban J connectivity index is 3.00. The maximum atomic E-state index is 3.98. The van der Waals surface area contributed by atoms with Gasteiger partial charge in [-0.15, -0.1) is 0 Å². The van der Waals surface area contributed by atoms with Crippen molar-refractivity contribution in [1.82, 2.24) is 15.0 Å². The van der Waals surface area contributed by atoms with E-state index in [-0.39, 0.29) is 0 Å². The molecule has 0 saturated carbocycles. The highest BCUT2D eigenvalue weighted by Gasteiger charge is 1.59. The van der Waals surface area contributed by atoms with Gasteiger partial charge in [-0.1, -0.05) is 18.2 Å². The minimum atomic E-state index is 1.47. The topological polar surface area (TPSA) is 38.7 Å². The quantitative estimate of drug-likeness (QED) is 0.621. The minimum Gasteiger partial charge on any atom is -0.265 e. The summed E-state index contributed by atoms with van der Waals surface area (Å²) in [6, 6.07) is 11.1. The minimum absolute atomic E-state index is 1.47. The highest BCUT2D eigenvalue weighted by molar-refractivity contribution is 4.90. The monoisotopic (exact) mass is 185 g/mol. The van der Waals surface area contributed by atoms with E-state index in [0.29, 0.717) is 0 Å². The molecule has 3 nitrogen and oxygen atoms in total. The van der Waals surface area contributed by atoms with Crippen LogP contribution in [0.2, 0.25) is 0 Å². The van der Waals surface area contributed by atoms with Crippen LogP contribution in [-0.4, -0.2) is 15.0 Å². The Kier molecular flexibility index (Phi) is 5.47. The Labute approximate surface area is 83.2 Å². The maximum absolute atomic E-state index is 3.98. The molecule has 1 heterocycles. The van der Waals surface area contributed by atoms with Gasteiger partial charge in [-0.3, -0.25) is 4.98 Å². The zero-order valence-corrected chi connectivity index (χ0v) is 7.69. The fourth-order valence-electron chi connectivity index (χ4n) is 0.694. The van der Waals surface area contributed by atoms with Gasteiger partial charge in [-0.05, 0) is 18.2 Å². The molecule has 0 fully saturated rings. The number of hydrogen-bond acceptors (Lipinski definition) is 3. The smallest absolute Gasteiger partial charge is 0.115 e. The van der Waals surface area contributed by atoms with Crippen molar-refractivity contribution in [2.45, 2.75) is 0 Å². The van der Waals surface area contributed by atoms with Crippen LogP contribution < -0.4 is 0 Å². The van der Waals surface area contributed by atoms with Crippen LogP contribution in [0, 0.1) is 0 Å². The summed E-state index contributed by atoms with van der Waals surface area (Å²) >= 11 is 0. The molecule has 0 N–H and O–H groups in total. The van der Waals surface area contributed by atoms with Crippen LogP contribution in [0.1, 0.15) is 0 Å². The molecule has 70 valence electrons. The van der Waals surface area contributed by atoms with Crippen molar-refractivity contribution < 1.29 is 0 Å². The van der Waals surface area contributed by atoms with Gasteiger partial charge >= 0.3 is 0 Å². The van der Waals surface area contributed by atoms with Crippen LogP contribution in [0.4, 0.5) is 0 Å². The SMILES string of the molecule is c1cccncccncnccc1. The summed E-state index contributed by atoms with van der Waals surface area (Å²) in [6.07, 6.45) is 8.14. The first kappa shape index (κ1) is 10.1. The number of hydrogen-bond donors (Lipinski definition) is 0. The van der Waals surface area contributed by atoms with Crippen LogP contribution in [0.25, 0.3) is 0 Å². The van der Waals surface area contributed by atoms with E-state index >= 15 is 0 Å². The standard InChI is InChI=1S/C11H11N3/c1-2-4-7-12-9-6-10-14-11-13-8-5-3-1/h1-11H. The second-order valence-corrected chi connectivity index (χ2v) is 2.31. The first-order valence-corrected chi connectivity index (χ1v) is 4.22. The van der Waals surface area contributed by atoms with E-state index in [1.54, 1.807) is 30.9 Å². The van der Waals surface area contributed by atoms with Crippen molar-refractivity contribution in [3.8, 4) is 0 Å². The first-order chi connectivity index (χ1) is 7.00. The molecular formula is C11H11N3. The van der Waals surface area contributed by atoms with Gasteiger partial charge < -0.3 is 0 Å². The van der Waals surface area contributed by atoms with Gasteiger partial charge in [0.2, 0.25) is 0 Å². The number of aromatic nitrogens is 3. The predicted molar refractivity (Wildman–Crippen MR) is 55.1 cm³/mol. The molecule has 0 atom stereocenters. The molecule has 0 bridgehead atoms. The van der Waals surface area contributed by atoms with Crippen LogP contribution in [-0.2, 0) is 0 Å². The molecule has 1 aromatic rings. The number of rotatable bonds is 0. The molecule has 1 aromatic heterocycles. The van der Waals surface area contributed by atoms with E-state index < -0.39 is 0 Å². The third-order valence-corrected chi connectivity index (χ3v) is 1.27. The highest BCUT2D eigenvalue weighted by Crippen LogP contribution is 1.74. The normalized spacial score (nSPS) is 8.00. The van der Waals surface area contributed by atoms with Gasteiger partial charge in [0.15, 0.2) is 0 Å². The summed E-state index contributed by atoms with van der Waals surface area (Å²) in [5.74, 6) is 0. The van der Waals surface area contributed by atoms with Crippen LogP contribution >= 0.6 is 0 Å². The zero-order valence-electron chi connectivity index (χ0n) is 7.69. The Morgan fingerprint density at radius 3 is 1.71 bits per heavy atom. The van der Waals surface area contributed by atoms with E-state index in [1.807, 2.05) is 30.3 Å². The number of nitrogens with zero attached hydrogens (tertiary/aromatic N) is 3. The third-order valence-electron chi connectivity index (χ3n) is 1.27. The van der Waals surface area contributed by atoms with Gasteiger partial charge in [-0.25, -0.2) is 9.97 Å². The zero-order chi connectivity index (χ0) is 9.90. The molecule has 0 aliphatic heterocycles. The molecule has 0 aliphatic carbocycles. The molecule has 0 unspecified atom stereocenters. The van der Waals surface area contributed by atoms with Gasteiger partial charge in [0.1, 0.15) is 6.33 Å². The molecule has 0 aromatic carbocycles. The van der Waals surface area contributed by atoms with Crippen molar-refractivity contribution in [3.63, 3.8) is 0 Å². The van der Waals surface area contributed by atoms with E-state index in [2.05, 4.69) is 15.0 Å². The lowest BCUT2D eigenvalue weighted by atomic mass is 10.5. The Hall–Kier alpha value is -2.03. The lowest BCUT2D eigenvalue weighted by Gasteiger charge is -1.70. The first-order valence-electron chi connectivity index (χ1n) is 4.22. The molecule has 14 heavy (non-hydrogen) atoms. The second-order valence-electron chi connectivity index (χ2n) is 2.31. The van der Waals surface area contributed by atoms with E-state index in [0.717, 1.165) is 0 Å². The van der Waals surface area contributed by atoms with Crippen LogP contribution in [0.3, 0.4) is 0 Å². The fourth-order valence-corrected chi connectivity index (χ4v) is 0.694. The molecule has 0 radical (unpaired) electrons. The Morgan fingerprint density at radius 2 is 0.929 bits per heavy atom. The molecule has 0 amide bonds. The lowest BCUT2D eigenvalue weighted by Crippen LogP contribution is -1.63. The van der Waals surface area contributed by atoms with Crippen molar-refractivity contribution in [1.29, 1.82) is 0 Å². The molecule has 0 saturated heterocycles. The van der Waals surface area contributed by atoms with E-state index in [4.69, 9.17) is 0 Å². The predicted octanol–water partition coefficient (Wildman–Crippen LogP) is 2.12. The summed E-state index contributed by atoms with van der Waals surface area (Å²) in [6.45, 7) is 0. The highest BCUT2D eigenvalue weighted by atomic mass is 14.8. The van der Waals surface area contributed by atoms with E-state index in [1.165, 1.54) is 6.33 Å². The van der Waals surface area contributed by atoms with Gasteiger partial charge in [-0.2, -0.15) is 0 Å². The summed E-state index contributed by atoms with van der Waals surface area (Å²) in [5, 5.41) is 0. The summed E-state index contributed by atoms with van der Waals surface area (Å²) in [5.41, 5.74) is 0. The summed E-state index contributed by atoms with van der Waals surface area (Å²) < 4.78 is 0. The van der Waals surface area contributed by atoms with Gasteiger partial charge in [0, 0.05) is 24.8 Å². The third kappa shape index (κ3) is 5.60. The van der Waals surface area contributed by atoms with Gasteiger partial charge in [0.05, 0.1) is 0 Å². The average Bonchev–Trinajstić information content (AvgIpc) is 2.22. The molecule has 1 rings (SSSR count). The van der Waals surface area contributed by atoms with Crippen LogP contribution in [0.15, 0.2) is 67.5 Å². The average molecular weight is 185 g/mol. The summed E-state index contributed by atoms with van der Waals surface area (Å²) in [7, 11) is 0. The van der Waals surface area contributed by atoms with Crippen LogP contribution in [0.5, 0.6) is 0 Å². The lowest BCUT2D eigenvalue weighted by molar-refractivity contribution is 1.20. The maximum Gasteiger partial charge on any atom is 0.115 e. The Morgan fingerprint density at radius 1 is 0.429 bits per heavy atom. The largest absolute Gasteiger partial charge is 0.265 e. The fraction of sp³-hybridized carbons (Fsp3) is 0. The molecule has 0 aliphatic rings. The Bertz CT molecular complexity index is 223. The van der Waals surface area contributed by atoms with E-state index in [9.17, 15) is 0 Å². The van der Waals surface area contributed by atoms with Gasteiger partial charge in [0.25, 0.3) is 0 Å². The van der Waals surface area contributed by atoms with Crippen molar-refractivity contribution in [3.05, 3.63) is 67.5 Å². The summed E-state index contributed by atoms with van der Waals surface area (Å²) in [4.78, 5) is 11.8.